The molecule has 0 aromatic carbocycles. The number of piperidine rings is 1. The van der Waals surface area contributed by atoms with Crippen LogP contribution in [0, 0.1) is 11.8 Å². The van der Waals surface area contributed by atoms with Crippen LogP contribution < -0.4 is 10.1 Å². The molecule has 140 valence electrons. The number of nitrogens with zero attached hydrogens (tertiary/aromatic N) is 3. The first-order chi connectivity index (χ1) is 11.8. The van der Waals surface area contributed by atoms with Crippen molar-refractivity contribution < 1.29 is 17.9 Å². The summed E-state index contributed by atoms with van der Waals surface area (Å²) in [5.74, 6) is 2.03. The molecular weight excluding hydrogens is 333 g/mol. The molecule has 1 aromatic rings. The highest BCUT2D eigenvalue weighted by atomic mass is 19.4. The van der Waals surface area contributed by atoms with Gasteiger partial charge in [0.15, 0.2) is 12.6 Å². The van der Waals surface area contributed by atoms with E-state index in [0.29, 0.717) is 18.4 Å². The molecule has 1 aromatic heterocycles. The third-order valence-corrected chi connectivity index (χ3v) is 4.01. The van der Waals surface area contributed by atoms with Gasteiger partial charge >= 0.3 is 6.18 Å². The number of aliphatic imine (C=N–C) groups is 1. The first-order valence-electron chi connectivity index (χ1n) is 8.37. The van der Waals surface area contributed by atoms with E-state index in [1.807, 2.05) is 0 Å². The summed E-state index contributed by atoms with van der Waals surface area (Å²) in [5.41, 5.74) is 0.846. The zero-order valence-corrected chi connectivity index (χ0v) is 14.8. The standard InChI is InChI=1S/C17H25F3N4O/c1-12-6-13(2)10-24(9-12)16(21-3)23-8-14-4-5-15(22-7-14)25-11-17(18,19)20/h4-5,7,12-13H,6,8-11H2,1-3H3,(H,21,23). The van der Waals surface area contributed by atoms with E-state index in [2.05, 4.69) is 38.8 Å². The lowest BCUT2D eigenvalue weighted by molar-refractivity contribution is -0.154. The lowest BCUT2D eigenvalue weighted by Gasteiger charge is -2.37. The number of nitrogens with one attached hydrogen (secondary N) is 1. The molecule has 1 N–H and O–H groups in total. The van der Waals surface area contributed by atoms with Crippen molar-refractivity contribution in [3.05, 3.63) is 23.9 Å². The number of guanidine groups is 1. The molecule has 0 radical (unpaired) electrons. The van der Waals surface area contributed by atoms with Gasteiger partial charge < -0.3 is 15.0 Å². The molecule has 0 bridgehead atoms. The molecule has 5 nitrogen and oxygen atoms in total. The summed E-state index contributed by atoms with van der Waals surface area (Å²) in [7, 11) is 1.75. The van der Waals surface area contributed by atoms with E-state index in [0.717, 1.165) is 24.6 Å². The Morgan fingerprint density at radius 3 is 2.52 bits per heavy atom. The van der Waals surface area contributed by atoms with E-state index >= 15 is 0 Å². The van der Waals surface area contributed by atoms with Gasteiger partial charge in [-0.3, -0.25) is 4.99 Å². The molecule has 25 heavy (non-hydrogen) atoms. The number of hydrogen-bond acceptors (Lipinski definition) is 3. The Morgan fingerprint density at radius 2 is 2.00 bits per heavy atom. The van der Waals surface area contributed by atoms with Crippen LogP contribution in [0.5, 0.6) is 5.88 Å². The first-order valence-corrected chi connectivity index (χ1v) is 8.37. The van der Waals surface area contributed by atoms with Gasteiger partial charge in [0.25, 0.3) is 0 Å². The molecule has 1 fully saturated rings. The van der Waals surface area contributed by atoms with Crippen LogP contribution >= 0.6 is 0 Å². The summed E-state index contributed by atoms with van der Waals surface area (Å²) in [5, 5.41) is 3.29. The number of hydrogen-bond donors (Lipinski definition) is 1. The second-order valence-corrected chi connectivity index (χ2v) is 6.66. The molecule has 8 heteroatoms. The van der Waals surface area contributed by atoms with Crippen LogP contribution in [0.2, 0.25) is 0 Å². The predicted molar refractivity (Wildman–Crippen MR) is 90.5 cm³/mol. The lowest BCUT2D eigenvalue weighted by Crippen LogP contribution is -2.48. The van der Waals surface area contributed by atoms with Gasteiger partial charge in [0.2, 0.25) is 5.88 Å². The minimum atomic E-state index is -4.36. The Labute approximate surface area is 146 Å². The molecule has 1 aliphatic rings. The van der Waals surface area contributed by atoms with E-state index in [-0.39, 0.29) is 5.88 Å². The van der Waals surface area contributed by atoms with Crippen molar-refractivity contribution in [1.82, 2.24) is 15.2 Å². The monoisotopic (exact) mass is 358 g/mol. The Bertz CT molecular complexity index is 564. The van der Waals surface area contributed by atoms with Crippen LogP contribution in [0.15, 0.2) is 23.3 Å². The zero-order valence-electron chi connectivity index (χ0n) is 14.8. The lowest BCUT2D eigenvalue weighted by atomic mass is 9.92. The van der Waals surface area contributed by atoms with Crippen LogP contribution in [0.3, 0.4) is 0 Å². The Hall–Kier alpha value is -1.99. The fraction of sp³-hybridized carbons (Fsp3) is 0.647. The number of pyridine rings is 1. The van der Waals surface area contributed by atoms with Crippen molar-refractivity contribution in [2.45, 2.75) is 33.0 Å². The first kappa shape index (κ1) is 19.3. The summed E-state index contributed by atoms with van der Waals surface area (Å²) in [4.78, 5) is 10.5. The smallest absolute Gasteiger partial charge is 0.422 e. The highest BCUT2D eigenvalue weighted by molar-refractivity contribution is 5.80. The second-order valence-electron chi connectivity index (χ2n) is 6.66. The molecule has 0 saturated carbocycles. The average Bonchev–Trinajstić information content (AvgIpc) is 2.53. The van der Waals surface area contributed by atoms with Gasteiger partial charge in [0, 0.05) is 38.9 Å². The number of halogens is 3. The maximum absolute atomic E-state index is 12.1. The molecule has 2 heterocycles. The summed E-state index contributed by atoms with van der Waals surface area (Å²) < 4.78 is 41.0. The van der Waals surface area contributed by atoms with Crippen LogP contribution in [0.1, 0.15) is 25.8 Å². The number of aromatic nitrogens is 1. The van der Waals surface area contributed by atoms with Crippen LogP contribution in [0.25, 0.3) is 0 Å². The van der Waals surface area contributed by atoms with Crippen LogP contribution in [-0.2, 0) is 6.54 Å². The van der Waals surface area contributed by atoms with Crippen molar-refractivity contribution in [2.75, 3.05) is 26.7 Å². The maximum Gasteiger partial charge on any atom is 0.422 e. The SMILES string of the molecule is CN=C(NCc1ccc(OCC(F)(F)F)nc1)N1CC(C)CC(C)C1. The van der Waals surface area contributed by atoms with Crippen molar-refractivity contribution >= 4 is 5.96 Å². The summed E-state index contributed by atoms with van der Waals surface area (Å²) in [6.07, 6.45) is -1.64. The van der Waals surface area contributed by atoms with Crippen molar-refractivity contribution in [3.63, 3.8) is 0 Å². The van der Waals surface area contributed by atoms with E-state index < -0.39 is 12.8 Å². The molecule has 2 atom stereocenters. The molecule has 0 spiro atoms. The van der Waals surface area contributed by atoms with Gasteiger partial charge in [0.1, 0.15) is 0 Å². The molecule has 2 rings (SSSR count). The third kappa shape index (κ3) is 6.43. The minimum absolute atomic E-state index is 0.0378. The fourth-order valence-electron chi connectivity index (χ4n) is 3.11. The highest BCUT2D eigenvalue weighted by Gasteiger charge is 2.28. The number of rotatable bonds is 4. The van der Waals surface area contributed by atoms with Crippen LogP contribution in [0.4, 0.5) is 13.2 Å². The summed E-state index contributed by atoms with van der Waals surface area (Å²) >= 11 is 0. The highest BCUT2D eigenvalue weighted by Crippen LogP contribution is 2.21. The van der Waals surface area contributed by atoms with E-state index in [4.69, 9.17) is 0 Å². The molecule has 1 aliphatic heterocycles. The Balaban J connectivity index is 1.87. The topological polar surface area (TPSA) is 49.8 Å². The Morgan fingerprint density at radius 1 is 1.32 bits per heavy atom. The normalized spacial score (nSPS) is 22.0. The molecule has 2 unspecified atom stereocenters. The third-order valence-electron chi connectivity index (χ3n) is 4.01. The van der Waals surface area contributed by atoms with Crippen molar-refractivity contribution in [2.24, 2.45) is 16.8 Å². The number of likely N-dealkylation sites (tertiary alicyclic amines) is 1. The number of ether oxygens (including phenoxy) is 1. The number of alkyl halides is 3. The van der Waals surface area contributed by atoms with E-state index in [9.17, 15) is 13.2 Å². The van der Waals surface area contributed by atoms with E-state index in [1.165, 1.54) is 18.7 Å². The van der Waals surface area contributed by atoms with Gasteiger partial charge in [-0.15, -0.1) is 0 Å². The molecule has 0 aliphatic carbocycles. The van der Waals surface area contributed by atoms with Gasteiger partial charge in [-0.05, 0) is 23.8 Å². The average molecular weight is 358 g/mol. The van der Waals surface area contributed by atoms with Gasteiger partial charge in [-0.25, -0.2) is 4.98 Å². The predicted octanol–water partition coefficient (Wildman–Crippen LogP) is 3.08. The molecule has 1 saturated heterocycles. The maximum atomic E-state index is 12.1. The molecular formula is C17H25F3N4O. The van der Waals surface area contributed by atoms with Gasteiger partial charge in [-0.2, -0.15) is 13.2 Å². The van der Waals surface area contributed by atoms with Crippen molar-refractivity contribution in [1.29, 1.82) is 0 Å². The largest absolute Gasteiger partial charge is 0.468 e. The quantitative estimate of drug-likeness (QED) is 0.664. The zero-order chi connectivity index (χ0) is 18.4. The van der Waals surface area contributed by atoms with Crippen LogP contribution in [-0.4, -0.2) is 48.8 Å². The minimum Gasteiger partial charge on any atom is -0.468 e. The van der Waals surface area contributed by atoms with Crippen molar-refractivity contribution in [3.8, 4) is 5.88 Å². The summed E-state index contributed by atoms with van der Waals surface area (Å²) in [6.45, 7) is 5.56. The van der Waals surface area contributed by atoms with Gasteiger partial charge in [-0.1, -0.05) is 19.9 Å². The summed E-state index contributed by atoms with van der Waals surface area (Å²) in [6, 6.07) is 3.14. The Kier molecular flexibility index (Phi) is 6.50. The fourth-order valence-corrected chi connectivity index (χ4v) is 3.11. The van der Waals surface area contributed by atoms with Gasteiger partial charge in [0.05, 0.1) is 0 Å². The van der Waals surface area contributed by atoms with E-state index in [1.54, 1.807) is 13.1 Å². The molecule has 0 amide bonds. The second kappa shape index (κ2) is 8.40.